The SMILES string of the molecule is Cc1nc(CCNc2nc(F)c(F)cc2F)no1. The molecule has 2 aromatic rings. The molecule has 0 aliphatic carbocycles. The molecule has 0 radical (unpaired) electrons. The number of anilines is 1. The van der Waals surface area contributed by atoms with Crippen molar-refractivity contribution >= 4 is 5.82 Å². The van der Waals surface area contributed by atoms with Gasteiger partial charge < -0.3 is 9.84 Å². The van der Waals surface area contributed by atoms with E-state index in [1.54, 1.807) is 6.92 Å². The van der Waals surface area contributed by atoms with Crippen LogP contribution < -0.4 is 5.32 Å². The summed E-state index contributed by atoms with van der Waals surface area (Å²) in [6, 6.07) is 0.434. The third-order valence-corrected chi connectivity index (χ3v) is 2.10. The Hall–Kier alpha value is -2.12. The maximum absolute atomic E-state index is 13.2. The van der Waals surface area contributed by atoms with Gasteiger partial charge in [0.2, 0.25) is 5.89 Å². The van der Waals surface area contributed by atoms with E-state index < -0.39 is 17.6 Å². The van der Waals surface area contributed by atoms with Crippen molar-refractivity contribution in [1.29, 1.82) is 0 Å². The third-order valence-electron chi connectivity index (χ3n) is 2.10. The highest BCUT2D eigenvalue weighted by molar-refractivity contribution is 5.36. The molecule has 2 aromatic heterocycles. The van der Waals surface area contributed by atoms with Crippen molar-refractivity contribution in [3.8, 4) is 0 Å². The lowest BCUT2D eigenvalue weighted by molar-refractivity contribution is 0.387. The quantitative estimate of drug-likeness (QED) is 0.848. The Kier molecular flexibility index (Phi) is 3.45. The van der Waals surface area contributed by atoms with Crippen LogP contribution in [-0.2, 0) is 6.42 Å². The Morgan fingerprint density at radius 1 is 1.22 bits per heavy atom. The van der Waals surface area contributed by atoms with Crippen LogP contribution in [-0.4, -0.2) is 21.7 Å². The van der Waals surface area contributed by atoms with Crippen molar-refractivity contribution in [3.63, 3.8) is 0 Å². The summed E-state index contributed by atoms with van der Waals surface area (Å²) in [5, 5.41) is 6.15. The summed E-state index contributed by atoms with van der Waals surface area (Å²) in [6.07, 6.45) is 0.345. The second-order valence-electron chi connectivity index (χ2n) is 3.50. The fraction of sp³-hybridized carbons (Fsp3) is 0.300. The van der Waals surface area contributed by atoms with Crippen LogP contribution in [0.15, 0.2) is 10.6 Å². The molecule has 0 atom stereocenters. The van der Waals surface area contributed by atoms with Crippen LogP contribution in [0, 0.1) is 24.5 Å². The average molecular weight is 258 g/mol. The first kappa shape index (κ1) is 12.3. The molecular formula is C10H9F3N4O. The molecule has 18 heavy (non-hydrogen) atoms. The molecule has 0 saturated heterocycles. The van der Waals surface area contributed by atoms with Gasteiger partial charge in [-0.3, -0.25) is 0 Å². The van der Waals surface area contributed by atoms with Gasteiger partial charge >= 0.3 is 0 Å². The molecule has 0 aliphatic heterocycles. The molecule has 5 nitrogen and oxygen atoms in total. The number of aryl methyl sites for hydroxylation is 1. The monoisotopic (exact) mass is 258 g/mol. The number of hydrogen-bond acceptors (Lipinski definition) is 5. The number of nitrogens with zero attached hydrogens (tertiary/aromatic N) is 3. The Balaban J connectivity index is 1.96. The van der Waals surface area contributed by atoms with Crippen LogP contribution in [0.4, 0.5) is 19.0 Å². The van der Waals surface area contributed by atoms with Crippen LogP contribution in [0.5, 0.6) is 0 Å². The fourth-order valence-electron chi connectivity index (χ4n) is 1.30. The zero-order chi connectivity index (χ0) is 13.1. The summed E-state index contributed by atoms with van der Waals surface area (Å²) in [5.41, 5.74) is 0. The van der Waals surface area contributed by atoms with Gasteiger partial charge in [-0.05, 0) is 0 Å². The molecule has 1 N–H and O–H groups in total. The molecule has 96 valence electrons. The van der Waals surface area contributed by atoms with Crippen LogP contribution in [0.25, 0.3) is 0 Å². The summed E-state index contributed by atoms with van der Waals surface area (Å²) in [7, 11) is 0. The highest BCUT2D eigenvalue weighted by atomic mass is 19.2. The maximum Gasteiger partial charge on any atom is 0.251 e. The summed E-state index contributed by atoms with van der Waals surface area (Å²) in [4.78, 5) is 7.05. The number of pyridine rings is 1. The van der Waals surface area contributed by atoms with Crippen molar-refractivity contribution < 1.29 is 17.7 Å². The molecule has 8 heteroatoms. The van der Waals surface area contributed by atoms with Crippen molar-refractivity contribution in [2.75, 3.05) is 11.9 Å². The summed E-state index contributed by atoms with van der Waals surface area (Å²) < 4.78 is 43.3. The second kappa shape index (κ2) is 5.03. The number of halogens is 3. The molecule has 0 amide bonds. The van der Waals surface area contributed by atoms with Gasteiger partial charge in [0, 0.05) is 26.0 Å². The highest BCUT2D eigenvalue weighted by Gasteiger charge is 2.11. The minimum absolute atomic E-state index is 0.216. The minimum atomic E-state index is -1.35. The Morgan fingerprint density at radius 2 is 2.00 bits per heavy atom. The first-order valence-electron chi connectivity index (χ1n) is 5.11. The number of aromatic nitrogens is 3. The average Bonchev–Trinajstić information content (AvgIpc) is 2.71. The van der Waals surface area contributed by atoms with Gasteiger partial charge in [0.05, 0.1) is 0 Å². The lowest BCUT2D eigenvalue weighted by atomic mass is 10.3. The molecule has 0 bridgehead atoms. The Morgan fingerprint density at radius 3 is 2.67 bits per heavy atom. The predicted octanol–water partition coefficient (Wildman–Crippen LogP) is 1.84. The molecule has 2 heterocycles. The number of hydrogen-bond donors (Lipinski definition) is 1. The van der Waals surface area contributed by atoms with Crippen molar-refractivity contribution in [3.05, 3.63) is 35.4 Å². The van der Waals surface area contributed by atoms with Gasteiger partial charge in [0.1, 0.15) is 0 Å². The maximum atomic E-state index is 13.2. The third kappa shape index (κ3) is 2.76. The lowest BCUT2D eigenvalue weighted by Gasteiger charge is -2.05. The number of rotatable bonds is 4. The van der Waals surface area contributed by atoms with E-state index in [2.05, 4.69) is 20.4 Å². The standard InChI is InChI=1S/C10H9F3N4O/c1-5-15-8(17-18-5)2-3-14-10-7(12)4-6(11)9(13)16-10/h4H,2-3H2,1H3,(H,14,16). The van der Waals surface area contributed by atoms with Crippen LogP contribution in [0.3, 0.4) is 0 Å². The zero-order valence-corrected chi connectivity index (χ0v) is 9.38. The van der Waals surface area contributed by atoms with E-state index in [0.717, 1.165) is 0 Å². The molecular weight excluding hydrogens is 249 g/mol. The van der Waals surface area contributed by atoms with Crippen LogP contribution in [0.1, 0.15) is 11.7 Å². The van der Waals surface area contributed by atoms with Gasteiger partial charge in [0.15, 0.2) is 23.3 Å². The van der Waals surface area contributed by atoms with Gasteiger partial charge in [-0.1, -0.05) is 5.16 Å². The lowest BCUT2D eigenvalue weighted by Crippen LogP contribution is -2.10. The molecule has 0 fully saturated rings. The van der Waals surface area contributed by atoms with Crippen LogP contribution >= 0.6 is 0 Å². The van der Waals surface area contributed by atoms with Crippen molar-refractivity contribution in [2.24, 2.45) is 0 Å². The van der Waals surface area contributed by atoms with E-state index in [-0.39, 0.29) is 12.4 Å². The molecule has 2 rings (SSSR count). The van der Waals surface area contributed by atoms with Gasteiger partial charge in [-0.15, -0.1) is 0 Å². The molecule has 0 unspecified atom stereocenters. The summed E-state index contributed by atoms with van der Waals surface area (Å²) in [6.45, 7) is 1.86. The topological polar surface area (TPSA) is 63.8 Å². The smallest absolute Gasteiger partial charge is 0.251 e. The van der Waals surface area contributed by atoms with Crippen molar-refractivity contribution in [1.82, 2.24) is 15.1 Å². The summed E-state index contributed by atoms with van der Waals surface area (Å²) >= 11 is 0. The first-order chi connectivity index (χ1) is 8.56. The Labute approximate surface area is 100 Å². The van der Waals surface area contributed by atoms with Crippen molar-refractivity contribution in [2.45, 2.75) is 13.3 Å². The number of nitrogens with one attached hydrogen (secondary N) is 1. The van der Waals surface area contributed by atoms with E-state index in [9.17, 15) is 13.2 Å². The molecule has 0 aliphatic rings. The normalized spacial score (nSPS) is 10.7. The van der Waals surface area contributed by atoms with Gasteiger partial charge in [0.25, 0.3) is 5.95 Å². The first-order valence-corrected chi connectivity index (χ1v) is 5.11. The van der Waals surface area contributed by atoms with E-state index in [0.29, 0.717) is 24.2 Å². The van der Waals surface area contributed by atoms with E-state index in [4.69, 9.17) is 4.52 Å². The van der Waals surface area contributed by atoms with E-state index >= 15 is 0 Å². The van der Waals surface area contributed by atoms with Crippen LogP contribution in [0.2, 0.25) is 0 Å². The van der Waals surface area contributed by atoms with E-state index in [1.807, 2.05) is 0 Å². The predicted molar refractivity (Wildman–Crippen MR) is 55.3 cm³/mol. The second-order valence-corrected chi connectivity index (χ2v) is 3.50. The Bertz CT molecular complexity index is 558. The van der Waals surface area contributed by atoms with Gasteiger partial charge in [-0.25, -0.2) is 8.78 Å². The highest BCUT2D eigenvalue weighted by Crippen LogP contribution is 2.14. The zero-order valence-electron chi connectivity index (χ0n) is 9.38. The summed E-state index contributed by atoms with van der Waals surface area (Å²) in [5.74, 6) is -3.14. The minimum Gasteiger partial charge on any atom is -0.367 e. The molecule has 0 spiro atoms. The molecule has 0 saturated carbocycles. The molecule has 0 aromatic carbocycles. The van der Waals surface area contributed by atoms with Gasteiger partial charge in [-0.2, -0.15) is 14.4 Å². The fourth-order valence-corrected chi connectivity index (χ4v) is 1.30. The van der Waals surface area contributed by atoms with E-state index in [1.165, 1.54) is 0 Å². The largest absolute Gasteiger partial charge is 0.367 e.